The number of aromatic nitrogens is 3. The van der Waals surface area contributed by atoms with E-state index in [9.17, 15) is 14.0 Å². The van der Waals surface area contributed by atoms with Crippen LogP contribution in [0.1, 0.15) is 27.3 Å². The van der Waals surface area contributed by atoms with Crippen molar-refractivity contribution in [1.29, 1.82) is 0 Å². The second kappa shape index (κ2) is 7.46. The normalized spacial score (nSPS) is 13.5. The van der Waals surface area contributed by atoms with Crippen LogP contribution in [0.5, 0.6) is 0 Å². The van der Waals surface area contributed by atoms with Crippen molar-refractivity contribution in [3.05, 3.63) is 97.8 Å². The Morgan fingerprint density at radius 2 is 1.90 bits per heavy atom. The van der Waals surface area contributed by atoms with E-state index in [0.29, 0.717) is 34.3 Å². The molecule has 3 heterocycles. The Bertz CT molecular complexity index is 1390. The largest absolute Gasteiger partial charge is 0.332 e. The lowest BCUT2D eigenvalue weighted by atomic mass is 10.0. The van der Waals surface area contributed by atoms with Crippen LogP contribution in [0.2, 0.25) is 0 Å². The fourth-order valence-electron chi connectivity index (χ4n) is 4.07. The molecule has 0 N–H and O–H groups in total. The summed E-state index contributed by atoms with van der Waals surface area (Å²) >= 11 is 3.11. The van der Waals surface area contributed by atoms with Crippen molar-refractivity contribution in [2.24, 2.45) is 0 Å². The first kappa shape index (κ1) is 19.7. The predicted octanol–water partition coefficient (Wildman–Crippen LogP) is 3.89. The molecule has 31 heavy (non-hydrogen) atoms. The van der Waals surface area contributed by atoms with Gasteiger partial charge in [0, 0.05) is 23.7 Å². The lowest BCUT2D eigenvalue weighted by molar-refractivity contribution is 0.0729. The van der Waals surface area contributed by atoms with Gasteiger partial charge < -0.3 is 4.90 Å². The molecule has 0 unspecified atom stereocenters. The molecule has 0 saturated carbocycles. The van der Waals surface area contributed by atoms with E-state index in [1.165, 1.54) is 12.1 Å². The number of amides is 1. The van der Waals surface area contributed by atoms with Crippen LogP contribution >= 0.6 is 15.9 Å². The Morgan fingerprint density at radius 1 is 1.13 bits per heavy atom. The van der Waals surface area contributed by atoms with Crippen molar-refractivity contribution in [2.45, 2.75) is 19.9 Å². The van der Waals surface area contributed by atoms with Crippen LogP contribution in [0, 0.1) is 12.7 Å². The third-order valence-corrected chi connectivity index (χ3v) is 6.19. The van der Waals surface area contributed by atoms with E-state index in [4.69, 9.17) is 0 Å². The maximum atomic E-state index is 13.9. The SMILES string of the molecule is Cc1cc2n(-c3ccccc3)c(=O)c3c(n2n1)CN(C(=O)c1ccc(Br)c(F)c1)CC3. The molecular formula is C23H18BrFN4O2. The number of rotatable bonds is 2. The van der Waals surface area contributed by atoms with Gasteiger partial charge in [0.25, 0.3) is 11.5 Å². The van der Waals surface area contributed by atoms with E-state index in [2.05, 4.69) is 21.0 Å². The lowest BCUT2D eigenvalue weighted by Gasteiger charge is -2.29. The van der Waals surface area contributed by atoms with Crippen molar-refractivity contribution >= 4 is 27.5 Å². The summed E-state index contributed by atoms with van der Waals surface area (Å²) in [6, 6.07) is 15.6. The maximum Gasteiger partial charge on any atom is 0.261 e. The molecule has 0 bridgehead atoms. The van der Waals surface area contributed by atoms with E-state index >= 15 is 0 Å². The standard InChI is InChI=1S/C23H18BrFN4O2/c1-14-11-21-28(16-5-3-2-4-6-16)23(31)17-9-10-27(13-20(17)29(21)26-14)22(30)15-7-8-18(24)19(25)12-15/h2-8,11-12H,9-10,13H2,1H3. The van der Waals surface area contributed by atoms with Gasteiger partial charge in [0.2, 0.25) is 0 Å². The molecule has 6 nitrogen and oxygen atoms in total. The topological polar surface area (TPSA) is 59.6 Å². The van der Waals surface area contributed by atoms with Gasteiger partial charge in [0.15, 0.2) is 0 Å². The van der Waals surface area contributed by atoms with E-state index in [1.54, 1.807) is 20.0 Å². The summed E-state index contributed by atoms with van der Waals surface area (Å²) in [5.74, 6) is -0.764. The van der Waals surface area contributed by atoms with Crippen LogP contribution < -0.4 is 5.56 Å². The lowest BCUT2D eigenvalue weighted by Crippen LogP contribution is -2.41. The molecular weight excluding hydrogens is 463 g/mol. The average molecular weight is 481 g/mol. The predicted molar refractivity (Wildman–Crippen MR) is 118 cm³/mol. The first-order chi connectivity index (χ1) is 14.9. The van der Waals surface area contributed by atoms with Crippen molar-refractivity contribution in [2.75, 3.05) is 6.54 Å². The summed E-state index contributed by atoms with van der Waals surface area (Å²) in [5.41, 5.74) is 3.70. The van der Waals surface area contributed by atoms with Crippen LogP contribution in [0.3, 0.4) is 0 Å². The summed E-state index contributed by atoms with van der Waals surface area (Å²) in [6.45, 7) is 2.48. The average Bonchev–Trinajstić information content (AvgIpc) is 3.17. The zero-order valence-electron chi connectivity index (χ0n) is 16.7. The molecule has 1 aliphatic heterocycles. The summed E-state index contributed by atoms with van der Waals surface area (Å²) in [4.78, 5) is 28.1. The van der Waals surface area contributed by atoms with Gasteiger partial charge in [-0.25, -0.2) is 8.91 Å². The molecule has 0 atom stereocenters. The maximum absolute atomic E-state index is 13.9. The number of hydrogen-bond donors (Lipinski definition) is 0. The molecule has 0 aliphatic carbocycles. The minimum absolute atomic E-state index is 0.101. The molecule has 1 aliphatic rings. The second-order valence-electron chi connectivity index (χ2n) is 7.56. The highest BCUT2D eigenvalue weighted by atomic mass is 79.9. The minimum atomic E-state index is -0.487. The highest BCUT2D eigenvalue weighted by Gasteiger charge is 2.28. The Hall–Kier alpha value is -3.26. The van der Waals surface area contributed by atoms with E-state index < -0.39 is 5.82 Å². The first-order valence-electron chi connectivity index (χ1n) is 9.87. The quantitative estimate of drug-likeness (QED) is 0.437. The van der Waals surface area contributed by atoms with Crippen molar-refractivity contribution in [3.63, 3.8) is 0 Å². The first-order valence-corrected chi connectivity index (χ1v) is 10.7. The monoisotopic (exact) mass is 480 g/mol. The fraction of sp³-hybridized carbons (Fsp3) is 0.174. The molecule has 0 fully saturated rings. The van der Waals surface area contributed by atoms with Crippen LogP contribution in [-0.4, -0.2) is 31.5 Å². The molecule has 5 rings (SSSR count). The zero-order chi connectivity index (χ0) is 21.7. The minimum Gasteiger partial charge on any atom is -0.332 e. The fourth-order valence-corrected chi connectivity index (χ4v) is 4.31. The molecule has 4 aromatic rings. The van der Waals surface area contributed by atoms with Crippen molar-refractivity contribution < 1.29 is 9.18 Å². The van der Waals surface area contributed by atoms with Crippen LogP contribution in [-0.2, 0) is 13.0 Å². The number of nitrogens with zero attached hydrogens (tertiary/aromatic N) is 4. The van der Waals surface area contributed by atoms with Crippen LogP contribution in [0.25, 0.3) is 11.3 Å². The van der Waals surface area contributed by atoms with Gasteiger partial charge in [-0.05, 0) is 59.6 Å². The van der Waals surface area contributed by atoms with Gasteiger partial charge in [-0.3, -0.25) is 14.2 Å². The highest BCUT2D eigenvalue weighted by molar-refractivity contribution is 9.10. The third-order valence-electron chi connectivity index (χ3n) is 5.55. The van der Waals surface area contributed by atoms with E-state index in [1.807, 2.05) is 43.3 Å². The number of carbonyl (C=O) groups excluding carboxylic acids is 1. The molecule has 0 radical (unpaired) electrons. The number of halogens is 2. The molecule has 0 saturated heterocycles. The van der Waals surface area contributed by atoms with Gasteiger partial charge in [-0.2, -0.15) is 5.10 Å². The van der Waals surface area contributed by atoms with Crippen molar-refractivity contribution in [1.82, 2.24) is 19.1 Å². The summed E-state index contributed by atoms with van der Waals surface area (Å²) in [7, 11) is 0. The molecule has 1 amide bonds. The van der Waals surface area contributed by atoms with E-state index in [0.717, 1.165) is 11.4 Å². The Morgan fingerprint density at radius 3 is 2.65 bits per heavy atom. The number of carbonyl (C=O) groups is 1. The summed E-state index contributed by atoms with van der Waals surface area (Å²) < 4.78 is 17.7. The zero-order valence-corrected chi connectivity index (χ0v) is 18.3. The Balaban J connectivity index is 1.62. The van der Waals surface area contributed by atoms with Gasteiger partial charge in [0.1, 0.15) is 11.5 Å². The highest BCUT2D eigenvalue weighted by Crippen LogP contribution is 2.23. The number of hydrogen-bond acceptors (Lipinski definition) is 3. The number of aryl methyl sites for hydroxylation is 1. The van der Waals surface area contributed by atoms with Gasteiger partial charge in [-0.1, -0.05) is 18.2 Å². The number of para-hydroxylation sites is 1. The smallest absolute Gasteiger partial charge is 0.261 e. The van der Waals surface area contributed by atoms with Gasteiger partial charge in [-0.15, -0.1) is 0 Å². The summed E-state index contributed by atoms with van der Waals surface area (Å²) in [5, 5.41) is 4.60. The molecule has 0 spiro atoms. The van der Waals surface area contributed by atoms with Crippen LogP contribution in [0.4, 0.5) is 4.39 Å². The number of fused-ring (bicyclic) bond motifs is 3. The molecule has 2 aromatic carbocycles. The van der Waals surface area contributed by atoms with Gasteiger partial charge >= 0.3 is 0 Å². The molecule has 156 valence electrons. The van der Waals surface area contributed by atoms with Crippen molar-refractivity contribution in [3.8, 4) is 5.69 Å². The Kier molecular flexibility index (Phi) is 4.74. The van der Waals surface area contributed by atoms with Gasteiger partial charge in [0.05, 0.1) is 28.1 Å². The van der Waals surface area contributed by atoms with Crippen LogP contribution in [0.15, 0.2) is 63.9 Å². The summed E-state index contributed by atoms with van der Waals surface area (Å²) in [6.07, 6.45) is 0.403. The van der Waals surface area contributed by atoms with E-state index in [-0.39, 0.29) is 23.6 Å². The molecule has 8 heteroatoms. The second-order valence-corrected chi connectivity index (χ2v) is 8.42. The Labute approximate surface area is 185 Å². The molecule has 2 aromatic heterocycles. The number of benzene rings is 2. The third kappa shape index (κ3) is 3.27.